The van der Waals surface area contributed by atoms with E-state index in [1.165, 1.54) is 11.1 Å². The maximum absolute atomic E-state index is 11.8. The highest BCUT2D eigenvalue weighted by molar-refractivity contribution is 5.83. The first-order valence-electron chi connectivity index (χ1n) is 8.17. The molecule has 1 aliphatic carbocycles. The average molecular weight is 300 g/mol. The SMILES string of the molecule is O=C1CCCC(/C(=C\C#Cc2ccccc2)c2ccccc2)C1. The number of Topliss-reactive ketones (excluding diaryl/α,β-unsaturated/α-hetero) is 1. The van der Waals surface area contributed by atoms with Gasteiger partial charge < -0.3 is 0 Å². The normalized spacial score (nSPS) is 18.2. The second-order valence-corrected chi connectivity index (χ2v) is 5.93. The lowest BCUT2D eigenvalue weighted by atomic mass is 9.80. The smallest absolute Gasteiger partial charge is 0.133 e. The second kappa shape index (κ2) is 7.61. The monoisotopic (exact) mass is 300 g/mol. The summed E-state index contributed by atoms with van der Waals surface area (Å²) < 4.78 is 0. The van der Waals surface area contributed by atoms with Crippen LogP contribution in [-0.4, -0.2) is 5.78 Å². The van der Waals surface area contributed by atoms with Crippen molar-refractivity contribution in [1.82, 2.24) is 0 Å². The molecule has 2 aromatic carbocycles. The van der Waals surface area contributed by atoms with Gasteiger partial charge in [-0.25, -0.2) is 0 Å². The molecular formula is C22H20O. The fraction of sp³-hybridized carbons (Fsp3) is 0.227. The van der Waals surface area contributed by atoms with Gasteiger partial charge in [-0.05, 0) is 48.1 Å². The zero-order valence-corrected chi connectivity index (χ0v) is 13.2. The van der Waals surface area contributed by atoms with Crippen LogP contribution in [0.5, 0.6) is 0 Å². The Bertz CT molecular complexity index is 745. The average Bonchev–Trinajstić information content (AvgIpc) is 2.60. The molecule has 1 unspecified atom stereocenters. The van der Waals surface area contributed by atoms with Gasteiger partial charge in [0, 0.05) is 18.4 Å². The van der Waals surface area contributed by atoms with Gasteiger partial charge in [-0.3, -0.25) is 4.79 Å². The summed E-state index contributed by atoms with van der Waals surface area (Å²) in [6.07, 6.45) is 5.44. The van der Waals surface area contributed by atoms with E-state index in [0.29, 0.717) is 18.1 Å². The van der Waals surface area contributed by atoms with Crippen LogP contribution in [0.4, 0.5) is 0 Å². The number of rotatable bonds is 2. The van der Waals surface area contributed by atoms with Gasteiger partial charge in [0.05, 0.1) is 0 Å². The summed E-state index contributed by atoms with van der Waals surface area (Å²) >= 11 is 0. The summed E-state index contributed by atoms with van der Waals surface area (Å²) in [5, 5.41) is 0. The number of carbonyl (C=O) groups excluding carboxylic acids is 1. The molecule has 1 saturated carbocycles. The topological polar surface area (TPSA) is 17.1 Å². The molecule has 0 spiro atoms. The van der Waals surface area contributed by atoms with Crippen molar-refractivity contribution in [2.24, 2.45) is 5.92 Å². The quantitative estimate of drug-likeness (QED) is 0.722. The Hall–Kier alpha value is -2.59. The third-order valence-electron chi connectivity index (χ3n) is 4.25. The van der Waals surface area contributed by atoms with Gasteiger partial charge >= 0.3 is 0 Å². The van der Waals surface area contributed by atoms with Gasteiger partial charge in [0.15, 0.2) is 0 Å². The van der Waals surface area contributed by atoms with Gasteiger partial charge in [0.1, 0.15) is 5.78 Å². The van der Waals surface area contributed by atoms with E-state index in [4.69, 9.17) is 0 Å². The van der Waals surface area contributed by atoms with Crippen molar-refractivity contribution in [3.8, 4) is 11.8 Å². The molecule has 0 radical (unpaired) electrons. The van der Waals surface area contributed by atoms with Crippen LogP contribution in [0.3, 0.4) is 0 Å². The molecule has 1 nitrogen and oxygen atoms in total. The van der Waals surface area contributed by atoms with E-state index in [1.54, 1.807) is 0 Å². The molecule has 23 heavy (non-hydrogen) atoms. The van der Waals surface area contributed by atoms with Gasteiger partial charge in [0.2, 0.25) is 0 Å². The van der Waals surface area contributed by atoms with Crippen molar-refractivity contribution >= 4 is 11.4 Å². The minimum Gasteiger partial charge on any atom is -0.300 e. The van der Waals surface area contributed by atoms with Crippen molar-refractivity contribution in [3.63, 3.8) is 0 Å². The number of hydrogen-bond donors (Lipinski definition) is 0. The van der Waals surface area contributed by atoms with Crippen LogP contribution in [0.25, 0.3) is 5.57 Å². The second-order valence-electron chi connectivity index (χ2n) is 5.93. The molecule has 1 atom stereocenters. The molecule has 3 rings (SSSR count). The fourth-order valence-corrected chi connectivity index (χ4v) is 3.08. The van der Waals surface area contributed by atoms with E-state index in [9.17, 15) is 4.79 Å². The molecule has 0 N–H and O–H groups in total. The van der Waals surface area contributed by atoms with E-state index in [-0.39, 0.29) is 0 Å². The number of carbonyl (C=O) groups is 1. The molecule has 0 bridgehead atoms. The molecule has 1 heteroatoms. The van der Waals surface area contributed by atoms with E-state index in [0.717, 1.165) is 24.8 Å². The van der Waals surface area contributed by atoms with E-state index < -0.39 is 0 Å². The van der Waals surface area contributed by atoms with Crippen LogP contribution >= 0.6 is 0 Å². The number of allylic oxidation sites excluding steroid dienone is 2. The molecule has 114 valence electrons. The lowest BCUT2D eigenvalue weighted by Gasteiger charge is -2.23. The molecule has 1 aliphatic rings. The van der Waals surface area contributed by atoms with Gasteiger partial charge in [-0.2, -0.15) is 0 Å². The zero-order valence-electron chi connectivity index (χ0n) is 13.2. The highest BCUT2D eigenvalue weighted by Gasteiger charge is 2.23. The summed E-state index contributed by atoms with van der Waals surface area (Å²) in [6, 6.07) is 20.3. The van der Waals surface area contributed by atoms with Crippen LogP contribution in [0.2, 0.25) is 0 Å². The summed E-state index contributed by atoms with van der Waals surface area (Å²) in [4.78, 5) is 11.8. The molecule has 2 aromatic rings. The Morgan fingerprint density at radius 1 is 1.00 bits per heavy atom. The molecule has 1 fully saturated rings. The van der Waals surface area contributed by atoms with Crippen LogP contribution in [0, 0.1) is 17.8 Å². The van der Waals surface area contributed by atoms with Crippen molar-refractivity contribution in [3.05, 3.63) is 77.9 Å². The van der Waals surface area contributed by atoms with Gasteiger partial charge in [0.25, 0.3) is 0 Å². The Balaban J connectivity index is 1.90. The first-order chi connectivity index (χ1) is 11.3. The minimum atomic E-state index is 0.295. The van der Waals surface area contributed by atoms with Crippen molar-refractivity contribution in [2.45, 2.75) is 25.7 Å². The summed E-state index contributed by atoms with van der Waals surface area (Å²) in [5.74, 6) is 7.04. The lowest BCUT2D eigenvalue weighted by Crippen LogP contribution is -2.16. The minimum absolute atomic E-state index is 0.295. The van der Waals surface area contributed by atoms with Crippen molar-refractivity contribution in [2.75, 3.05) is 0 Å². The first kappa shape index (κ1) is 15.3. The van der Waals surface area contributed by atoms with E-state index in [2.05, 4.69) is 24.0 Å². The largest absolute Gasteiger partial charge is 0.300 e. The lowest BCUT2D eigenvalue weighted by molar-refractivity contribution is -0.120. The van der Waals surface area contributed by atoms with E-state index >= 15 is 0 Å². The third-order valence-corrected chi connectivity index (χ3v) is 4.25. The third kappa shape index (κ3) is 4.20. The number of benzene rings is 2. The summed E-state index contributed by atoms with van der Waals surface area (Å²) in [5.41, 5.74) is 3.38. The van der Waals surface area contributed by atoms with Gasteiger partial charge in [-0.15, -0.1) is 0 Å². The zero-order chi connectivity index (χ0) is 15.9. The molecule has 0 amide bonds. The maximum atomic E-state index is 11.8. The fourth-order valence-electron chi connectivity index (χ4n) is 3.08. The van der Waals surface area contributed by atoms with Crippen LogP contribution in [0.15, 0.2) is 66.7 Å². The van der Waals surface area contributed by atoms with Crippen molar-refractivity contribution in [1.29, 1.82) is 0 Å². The van der Waals surface area contributed by atoms with Gasteiger partial charge in [-0.1, -0.05) is 60.4 Å². The summed E-state index contributed by atoms with van der Waals surface area (Å²) in [6.45, 7) is 0. The molecule has 0 heterocycles. The van der Waals surface area contributed by atoms with Crippen molar-refractivity contribution < 1.29 is 4.79 Å². The molecule has 0 aromatic heterocycles. The molecular weight excluding hydrogens is 280 g/mol. The number of hydrogen-bond acceptors (Lipinski definition) is 1. The maximum Gasteiger partial charge on any atom is 0.133 e. The Morgan fingerprint density at radius 3 is 2.39 bits per heavy atom. The first-order valence-corrected chi connectivity index (χ1v) is 8.17. The summed E-state index contributed by atoms with van der Waals surface area (Å²) in [7, 11) is 0. The Morgan fingerprint density at radius 2 is 1.70 bits per heavy atom. The van der Waals surface area contributed by atoms with Crippen LogP contribution in [-0.2, 0) is 4.79 Å². The Kier molecular flexibility index (Phi) is 5.06. The predicted octanol–water partition coefficient (Wildman–Crippen LogP) is 4.88. The molecule has 0 aliphatic heterocycles. The molecule has 0 saturated heterocycles. The van der Waals surface area contributed by atoms with Crippen LogP contribution in [0.1, 0.15) is 36.8 Å². The highest BCUT2D eigenvalue weighted by atomic mass is 16.1. The number of ketones is 1. The highest BCUT2D eigenvalue weighted by Crippen LogP contribution is 2.33. The van der Waals surface area contributed by atoms with E-state index in [1.807, 2.05) is 54.6 Å². The van der Waals surface area contributed by atoms with Crippen LogP contribution < -0.4 is 0 Å². The Labute approximate surface area is 138 Å². The standard InChI is InChI=1S/C22H20O/c23-21-15-8-14-20(17-21)22(19-12-5-2-6-13-19)16-7-11-18-9-3-1-4-10-18/h1-6,9-10,12-13,16,20H,8,14-15,17H2/b22-16-. The predicted molar refractivity (Wildman–Crippen MR) is 94.7 cm³/mol.